The maximum atomic E-state index is 11.8. The molecular formula is C15H10Br2N2O2. The summed E-state index contributed by atoms with van der Waals surface area (Å²) in [5.74, 6) is -0.538. The van der Waals surface area contributed by atoms with E-state index in [4.69, 9.17) is 0 Å². The minimum absolute atomic E-state index is 0.538. The average molecular weight is 410 g/mol. The second-order valence-corrected chi connectivity index (χ2v) is 6.37. The van der Waals surface area contributed by atoms with Crippen LogP contribution in [0.5, 0.6) is 0 Å². The number of aliphatic hydroxyl groups excluding tert-OH is 1. The Morgan fingerprint density at radius 1 is 1.10 bits per heavy atom. The Balaban J connectivity index is 2.24. The molecule has 0 spiro atoms. The van der Waals surface area contributed by atoms with E-state index in [1.54, 1.807) is 6.07 Å². The third-order valence-electron chi connectivity index (χ3n) is 3.08. The zero-order valence-corrected chi connectivity index (χ0v) is 13.8. The average Bonchev–Trinajstić information content (AvgIpc) is 2.57. The Hall–Kier alpha value is -1.50. The van der Waals surface area contributed by atoms with Crippen LogP contribution >= 0.6 is 31.9 Å². The molecule has 6 heteroatoms. The van der Waals surface area contributed by atoms with Crippen molar-refractivity contribution in [1.82, 2.24) is 0 Å². The highest BCUT2D eigenvalue weighted by Gasteiger charge is 2.24. The van der Waals surface area contributed by atoms with E-state index >= 15 is 0 Å². The lowest BCUT2D eigenvalue weighted by Gasteiger charge is -2.10. The number of halogens is 2. The van der Waals surface area contributed by atoms with Crippen LogP contribution in [-0.2, 0) is 4.79 Å². The van der Waals surface area contributed by atoms with Gasteiger partial charge in [-0.15, -0.1) is 0 Å². The number of fused-ring (bicyclic) bond motifs is 1. The van der Waals surface area contributed by atoms with Gasteiger partial charge in [0.15, 0.2) is 0 Å². The lowest BCUT2D eigenvalue weighted by atomic mass is 10.0. The van der Waals surface area contributed by atoms with Gasteiger partial charge in [-0.1, -0.05) is 44.0 Å². The number of amides is 1. The fraction of sp³-hybridized carbons (Fsp3) is 0.0667. The standard InChI is InChI=1S/C15H10Br2N2O2/c16-9-3-1-2-8(6-9)13-11-7-10(17)4-5-12(11)18-14(20)15(21)19-13/h1-7,15,21H,(H,18,20). The number of hydrogen-bond donors (Lipinski definition) is 2. The van der Waals surface area contributed by atoms with E-state index in [1.165, 1.54) is 0 Å². The van der Waals surface area contributed by atoms with Crippen molar-refractivity contribution in [2.45, 2.75) is 6.23 Å². The van der Waals surface area contributed by atoms with Crippen molar-refractivity contribution in [3.05, 3.63) is 62.5 Å². The largest absolute Gasteiger partial charge is 0.364 e. The smallest absolute Gasteiger partial charge is 0.276 e. The molecule has 2 aromatic rings. The number of anilines is 1. The first-order valence-corrected chi connectivity index (χ1v) is 7.76. The first kappa shape index (κ1) is 14.4. The molecule has 0 radical (unpaired) electrons. The molecule has 106 valence electrons. The van der Waals surface area contributed by atoms with Crippen molar-refractivity contribution < 1.29 is 9.90 Å². The Morgan fingerprint density at radius 2 is 1.86 bits per heavy atom. The van der Waals surface area contributed by atoms with Crippen LogP contribution in [0.2, 0.25) is 0 Å². The molecule has 1 atom stereocenters. The molecule has 0 saturated heterocycles. The van der Waals surface area contributed by atoms with E-state index in [0.29, 0.717) is 11.4 Å². The predicted molar refractivity (Wildman–Crippen MR) is 88.6 cm³/mol. The number of aliphatic hydroxyl groups is 1. The Morgan fingerprint density at radius 3 is 2.62 bits per heavy atom. The fourth-order valence-corrected chi connectivity index (χ4v) is 2.90. The quantitative estimate of drug-likeness (QED) is 0.758. The molecular weight excluding hydrogens is 400 g/mol. The molecule has 3 rings (SSSR count). The molecule has 2 N–H and O–H groups in total. The summed E-state index contributed by atoms with van der Waals surface area (Å²) in [5, 5.41) is 12.6. The molecule has 0 fully saturated rings. The summed E-state index contributed by atoms with van der Waals surface area (Å²) in [4.78, 5) is 16.0. The summed E-state index contributed by atoms with van der Waals surface area (Å²) in [7, 11) is 0. The van der Waals surface area contributed by atoms with E-state index in [2.05, 4.69) is 42.2 Å². The number of benzene rings is 2. The number of benzodiazepines with no additional fused rings is 1. The van der Waals surface area contributed by atoms with Crippen LogP contribution in [0.25, 0.3) is 0 Å². The van der Waals surface area contributed by atoms with Gasteiger partial charge < -0.3 is 10.4 Å². The van der Waals surface area contributed by atoms with Crippen LogP contribution < -0.4 is 5.32 Å². The van der Waals surface area contributed by atoms with Gasteiger partial charge in [0.1, 0.15) is 0 Å². The van der Waals surface area contributed by atoms with Crippen LogP contribution in [0.3, 0.4) is 0 Å². The van der Waals surface area contributed by atoms with Crippen molar-refractivity contribution in [2.75, 3.05) is 5.32 Å². The van der Waals surface area contributed by atoms with Gasteiger partial charge in [-0.25, -0.2) is 4.99 Å². The third kappa shape index (κ3) is 2.92. The summed E-state index contributed by atoms with van der Waals surface area (Å²) < 4.78 is 1.77. The van der Waals surface area contributed by atoms with Crippen molar-refractivity contribution in [2.24, 2.45) is 4.99 Å². The number of nitrogens with one attached hydrogen (secondary N) is 1. The van der Waals surface area contributed by atoms with E-state index in [9.17, 15) is 9.90 Å². The van der Waals surface area contributed by atoms with Crippen molar-refractivity contribution in [1.29, 1.82) is 0 Å². The van der Waals surface area contributed by atoms with Gasteiger partial charge in [0.2, 0.25) is 6.23 Å². The maximum Gasteiger partial charge on any atom is 0.276 e. The minimum Gasteiger partial charge on any atom is -0.364 e. The van der Waals surface area contributed by atoms with Crippen molar-refractivity contribution in [3.63, 3.8) is 0 Å². The van der Waals surface area contributed by atoms with Gasteiger partial charge in [0, 0.05) is 20.1 Å². The fourth-order valence-electron chi connectivity index (χ4n) is 2.13. The highest BCUT2D eigenvalue weighted by Crippen LogP contribution is 2.27. The van der Waals surface area contributed by atoms with E-state index in [-0.39, 0.29) is 0 Å². The van der Waals surface area contributed by atoms with E-state index in [0.717, 1.165) is 20.1 Å². The molecule has 1 heterocycles. The molecule has 2 aromatic carbocycles. The zero-order chi connectivity index (χ0) is 15.0. The number of carbonyl (C=O) groups excluding carboxylic acids is 1. The van der Waals surface area contributed by atoms with E-state index in [1.807, 2.05) is 36.4 Å². The number of rotatable bonds is 1. The summed E-state index contributed by atoms with van der Waals surface area (Å²) in [6, 6.07) is 13.0. The van der Waals surface area contributed by atoms with Crippen LogP contribution in [0.1, 0.15) is 11.1 Å². The minimum atomic E-state index is -1.43. The van der Waals surface area contributed by atoms with Gasteiger partial charge in [-0.05, 0) is 30.3 Å². The number of hydrogen-bond acceptors (Lipinski definition) is 3. The summed E-state index contributed by atoms with van der Waals surface area (Å²) in [6.07, 6.45) is -1.43. The molecule has 4 nitrogen and oxygen atoms in total. The van der Waals surface area contributed by atoms with Crippen molar-refractivity contribution >= 4 is 49.2 Å². The van der Waals surface area contributed by atoms with Gasteiger partial charge >= 0.3 is 0 Å². The molecule has 21 heavy (non-hydrogen) atoms. The molecule has 0 aromatic heterocycles. The summed E-state index contributed by atoms with van der Waals surface area (Å²) >= 11 is 6.84. The molecule has 1 aliphatic heterocycles. The lowest BCUT2D eigenvalue weighted by molar-refractivity contribution is -0.123. The van der Waals surface area contributed by atoms with Gasteiger partial charge in [0.05, 0.1) is 11.4 Å². The first-order chi connectivity index (χ1) is 10.0. The second kappa shape index (κ2) is 5.71. The van der Waals surface area contributed by atoms with Crippen LogP contribution in [0.15, 0.2) is 56.4 Å². The highest BCUT2D eigenvalue weighted by atomic mass is 79.9. The van der Waals surface area contributed by atoms with Crippen LogP contribution in [-0.4, -0.2) is 23.0 Å². The molecule has 0 aliphatic carbocycles. The maximum absolute atomic E-state index is 11.8. The normalized spacial score (nSPS) is 17.6. The summed E-state index contributed by atoms with van der Waals surface area (Å²) in [5.41, 5.74) is 2.77. The van der Waals surface area contributed by atoms with Crippen molar-refractivity contribution in [3.8, 4) is 0 Å². The summed E-state index contributed by atoms with van der Waals surface area (Å²) in [6.45, 7) is 0. The molecule has 0 saturated carbocycles. The molecule has 1 unspecified atom stereocenters. The Kier molecular flexibility index (Phi) is 3.93. The topological polar surface area (TPSA) is 61.7 Å². The monoisotopic (exact) mass is 408 g/mol. The van der Waals surface area contributed by atoms with Gasteiger partial charge in [0.25, 0.3) is 5.91 Å². The van der Waals surface area contributed by atoms with E-state index < -0.39 is 12.1 Å². The van der Waals surface area contributed by atoms with Gasteiger partial charge in [-0.3, -0.25) is 4.79 Å². The second-order valence-electron chi connectivity index (χ2n) is 4.54. The zero-order valence-electron chi connectivity index (χ0n) is 10.7. The first-order valence-electron chi connectivity index (χ1n) is 6.17. The number of nitrogens with zero attached hydrogens (tertiary/aromatic N) is 1. The molecule has 0 bridgehead atoms. The molecule has 1 amide bonds. The number of aliphatic imine (C=N–C) groups is 1. The Bertz CT molecular complexity index is 759. The van der Waals surface area contributed by atoms with Crippen LogP contribution in [0, 0.1) is 0 Å². The third-order valence-corrected chi connectivity index (χ3v) is 4.07. The SMILES string of the molecule is O=C1Nc2ccc(Br)cc2C(c2cccc(Br)c2)=NC1O. The Labute approximate surface area is 138 Å². The van der Waals surface area contributed by atoms with Gasteiger partial charge in [-0.2, -0.15) is 0 Å². The molecule has 1 aliphatic rings. The highest BCUT2D eigenvalue weighted by molar-refractivity contribution is 9.10. The van der Waals surface area contributed by atoms with Crippen LogP contribution in [0.4, 0.5) is 5.69 Å². The number of carbonyl (C=O) groups is 1. The predicted octanol–water partition coefficient (Wildman–Crippen LogP) is 3.32. The lowest BCUT2D eigenvalue weighted by Crippen LogP contribution is -2.24.